The van der Waals surface area contributed by atoms with Crippen LogP contribution in [0.5, 0.6) is 0 Å². The number of benzene rings is 1. The van der Waals surface area contributed by atoms with Crippen molar-refractivity contribution in [2.75, 3.05) is 0 Å². The molecule has 0 spiro atoms. The van der Waals surface area contributed by atoms with Crippen LogP contribution in [0.3, 0.4) is 0 Å². The van der Waals surface area contributed by atoms with E-state index in [0.717, 1.165) is 0 Å². The van der Waals surface area contributed by atoms with Crippen LogP contribution in [0.15, 0.2) is 35.5 Å². The summed E-state index contributed by atoms with van der Waals surface area (Å²) in [6.07, 6.45) is 0. The molecule has 20 heavy (non-hydrogen) atoms. The molecular formula is C15H16FN3O. The van der Waals surface area contributed by atoms with Gasteiger partial charge in [-0.2, -0.15) is 5.26 Å². The lowest BCUT2D eigenvalue weighted by molar-refractivity contribution is 0.234. The third kappa shape index (κ3) is 2.50. The van der Waals surface area contributed by atoms with Crippen LogP contribution in [0.4, 0.5) is 9.18 Å². The van der Waals surface area contributed by atoms with E-state index in [0.29, 0.717) is 16.8 Å². The molecule has 1 aliphatic heterocycles. The first-order valence-electron chi connectivity index (χ1n) is 6.31. The number of rotatable bonds is 1. The van der Waals surface area contributed by atoms with Crippen molar-refractivity contribution in [3.8, 4) is 6.07 Å². The van der Waals surface area contributed by atoms with Gasteiger partial charge in [0, 0.05) is 16.7 Å². The SMILES string of the molecule is CC(C)(C)C1=C(C#N)[C@H](c2ccccc2F)NC(=O)N1. The molecule has 1 atom stereocenters. The Bertz CT molecular complexity index is 623. The number of nitriles is 1. The predicted molar refractivity (Wildman–Crippen MR) is 72.9 cm³/mol. The Labute approximate surface area is 117 Å². The second-order valence-electron chi connectivity index (χ2n) is 5.70. The third-order valence-electron chi connectivity index (χ3n) is 3.16. The van der Waals surface area contributed by atoms with E-state index < -0.39 is 23.3 Å². The van der Waals surface area contributed by atoms with Crippen molar-refractivity contribution in [1.82, 2.24) is 10.6 Å². The molecular weight excluding hydrogens is 257 g/mol. The second kappa shape index (κ2) is 4.97. The fourth-order valence-corrected chi connectivity index (χ4v) is 2.22. The highest BCUT2D eigenvalue weighted by molar-refractivity contribution is 5.80. The minimum atomic E-state index is -0.760. The van der Waals surface area contributed by atoms with Crippen molar-refractivity contribution in [2.24, 2.45) is 5.41 Å². The monoisotopic (exact) mass is 273 g/mol. The summed E-state index contributed by atoms with van der Waals surface area (Å²) in [5.41, 5.74) is 0.742. The van der Waals surface area contributed by atoms with Crippen LogP contribution in [0, 0.1) is 22.6 Å². The zero-order chi connectivity index (χ0) is 14.9. The lowest BCUT2D eigenvalue weighted by Crippen LogP contribution is -2.47. The summed E-state index contributed by atoms with van der Waals surface area (Å²) in [4.78, 5) is 11.8. The number of hydrogen-bond acceptors (Lipinski definition) is 2. The summed E-state index contributed by atoms with van der Waals surface area (Å²) < 4.78 is 13.9. The Morgan fingerprint density at radius 3 is 2.50 bits per heavy atom. The molecule has 2 N–H and O–H groups in total. The first kappa shape index (κ1) is 14.1. The summed E-state index contributed by atoms with van der Waals surface area (Å²) in [5.74, 6) is -0.444. The van der Waals surface area contributed by atoms with Gasteiger partial charge in [0.25, 0.3) is 0 Å². The molecule has 4 nitrogen and oxygen atoms in total. The van der Waals surface area contributed by atoms with Crippen LogP contribution < -0.4 is 10.6 Å². The lowest BCUT2D eigenvalue weighted by Gasteiger charge is -2.33. The van der Waals surface area contributed by atoms with Crippen molar-refractivity contribution >= 4 is 6.03 Å². The van der Waals surface area contributed by atoms with E-state index >= 15 is 0 Å². The highest BCUT2D eigenvalue weighted by atomic mass is 19.1. The quantitative estimate of drug-likeness (QED) is 0.826. The van der Waals surface area contributed by atoms with Gasteiger partial charge in [-0.25, -0.2) is 9.18 Å². The van der Waals surface area contributed by atoms with E-state index in [2.05, 4.69) is 16.7 Å². The molecule has 1 aliphatic rings. The van der Waals surface area contributed by atoms with Crippen LogP contribution in [0.25, 0.3) is 0 Å². The van der Waals surface area contributed by atoms with Crippen LogP contribution in [0.1, 0.15) is 32.4 Å². The fraction of sp³-hybridized carbons (Fsp3) is 0.333. The Kier molecular flexibility index (Phi) is 3.49. The highest BCUT2D eigenvalue weighted by Gasteiger charge is 2.34. The van der Waals surface area contributed by atoms with E-state index in [9.17, 15) is 14.4 Å². The lowest BCUT2D eigenvalue weighted by atomic mass is 9.84. The number of hydrogen-bond donors (Lipinski definition) is 2. The molecule has 0 aliphatic carbocycles. The van der Waals surface area contributed by atoms with E-state index in [1.807, 2.05) is 20.8 Å². The first-order valence-corrected chi connectivity index (χ1v) is 6.31. The Hall–Kier alpha value is -2.35. The maximum Gasteiger partial charge on any atom is 0.319 e. The van der Waals surface area contributed by atoms with Gasteiger partial charge < -0.3 is 10.6 Å². The van der Waals surface area contributed by atoms with Crippen molar-refractivity contribution in [1.29, 1.82) is 5.26 Å². The highest BCUT2D eigenvalue weighted by Crippen LogP contribution is 2.34. The minimum absolute atomic E-state index is 0.292. The molecule has 1 heterocycles. The molecule has 1 aromatic rings. The Morgan fingerprint density at radius 2 is 1.95 bits per heavy atom. The maximum absolute atomic E-state index is 13.9. The van der Waals surface area contributed by atoms with Gasteiger partial charge in [0.05, 0.1) is 17.7 Å². The number of nitrogens with one attached hydrogen (secondary N) is 2. The van der Waals surface area contributed by atoms with E-state index in [1.165, 1.54) is 6.07 Å². The predicted octanol–water partition coefficient (Wildman–Crippen LogP) is 3.00. The van der Waals surface area contributed by atoms with Crippen LogP contribution >= 0.6 is 0 Å². The van der Waals surface area contributed by atoms with Crippen molar-refractivity contribution in [2.45, 2.75) is 26.8 Å². The molecule has 0 saturated heterocycles. The topological polar surface area (TPSA) is 64.9 Å². The molecule has 0 unspecified atom stereocenters. The summed E-state index contributed by atoms with van der Waals surface area (Å²) in [7, 11) is 0. The third-order valence-corrected chi connectivity index (χ3v) is 3.16. The first-order chi connectivity index (χ1) is 9.34. The van der Waals surface area contributed by atoms with Crippen molar-refractivity contribution in [3.63, 3.8) is 0 Å². The molecule has 0 fully saturated rings. The van der Waals surface area contributed by atoms with Gasteiger partial charge in [-0.3, -0.25) is 0 Å². The number of urea groups is 1. The summed E-state index contributed by atoms with van der Waals surface area (Å²) in [6.45, 7) is 5.68. The fourth-order valence-electron chi connectivity index (χ4n) is 2.22. The van der Waals surface area contributed by atoms with E-state index in [4.69, 9.17) is 0 Å². The minimum Gasteiger partial charge on any atom is -0.326 e. The number of carbonyl (C=O) groups is 1. The van der Waals surface area contributed by atoms with Crippen molar-refractivity contribution in [3.05, 3.63) is 46.9 Å². The molecule has 2 rings (SSSR count). The van der Waals surface area contributed by atoms with Gasteiger partial charge in [-0.1, -0.05) is 39.0 Å². The summed E-state index contributed by atoms with van der Waals surface area (Å²) in [5, 5.41) is 14.7. The number of allylic oxidation sites excluding steroid dienone is 1. The van der Waals surface area contributed by atoms with Gasteiger partial charge >= 0.3 is 6.03 Å². The Balaban J connectivity index is 2.61. The van der Waals surface area contributed by atoms with Gasteiger partial charge in [-0.05, 0) is 6.07 Å². The second-order valence-corrected chi connectivity index (χ2v) is 5.70. The smallest absolute Gasteiger partial charge is 0.319 e. The maximum atomic E-state index is 13.9. The molecule has 0 radical (unpaired) electrons. The van der Waals surface area contributed by atoms with Gasteiger partial charge in [0.15, 0.2) is 0 Å². The van der Waals surface area contributed by atoms with Crippen LogP contribution in [-0.4, -0.2) is 6.03 Å². The molecule has 0 aromatic heterocycles. The average Bonchev–Trinajstić information content (AvgIpc) is 2.37. The van der Waals surface area contributed by atoms with Gasteiger partial charge in [0.2, 0.25) is 0 Å². The van der Waals surface area contributed by atoms with E-state index in [-0.39, 0.29) is 0 Å². The zero-order valence-corrected chi connectivity index (χ0v) is 11.6. The van der Waals surface area contributed by atoms with Crippen molar-refractivity contribution < 1.29 is 9.18 Å². The number of amides is 2. The molecule has 104 valence electrons. The molecule has 1 aromatic carbocycles. The van der Waals surface area contributed by atoms with Crippen LogP contribution in [-0.2, 0) is 0 Å². The molecule has 0 bridgehead atoms. The molecule has 5 heteroatoms. The summed E-state index contributed by atoms with van der Waals surface area (Å²) >= 11 is 0. The van der Waals surface area contributed by atoms with E-state index in [1.54, 1.807) is 18.2 Å². The largest absolute Gasteiger partial charge is 0.326 e. The average molecular weight is 273 g/mol. The number of nitrogens with zero attached hydrogens (tertiary/aromatic N) is 1. The number of halogens is 1. The Morgan fingerprint density at radius 1 is 1.30 bits per heavy atom. The molecule has 0 saturated carbocycles. The van der Waals surface area contributed by atoms with Gasteiger partial charge in [0.1, 0.15) is 5.82 Å². The summed E-state index contributed by atoms with van der Waals surface area (Å²) in [6, 6.07) is 7.04. The standard InChI is InChI=1S/C15H16FN3O/c1-15(2,3)13-10(8-17)12(18-14(20)19-13)9-6-4-5-7-11(9)16/h4-7,12H,1-3H3,(H2,18,19,20)/t12-/m0/s1. The van der Waals surface area contributed by atoms with Crippen LogP contribution in [0.2, 0.25) is 0 Å². The zero-order valence-electron chi connectivity index (χ0n) is 11.6. The van der Waals surface area contributed by atoms with Gasteiger partial charge in [-0.15, -0.1) is 0 Å². The normalized spacial score (nSPS) is 19.1. The number of carbonyl (C=O) groups excluding carboxylic acids is 1. The molecule has 2 amide bonds.